The van der Waals surface area contributed by atoms with Crippen molar-refractivity contribution in [3.05, 3.63) is 50.4 Å². The SMILES string of the molecule is CCN(CC(=O)c1cc(Cl)sc1Cl)Cc1ccccn1. The minimum atomic E-state index is -0.0177. The van der Waals surface area contributed by atoms with Crippen molar-refractivity contribution in [1.29, 1.82) is 0 Å². The standard InChI is InChI=1S/C14H14Cl2N2OS/c1-2-18(8-10-5-3-4-6-17-10)9-12(19)11-7-13(15)20-14(11)16/h3-7H,2,8-9H2,1H3. The number of ketones is 1. The summed E-state index contributed by atoms with van der Waals surface area (Å²) in [7, 11) is 0. The summed E-state index contributed by atoms with van der Waals surface area (Å²) in [6, 6.07) is 7.39. The zero-order valence-electron chi connectivity index (χ0n) is 11.0. The highest BCUT2D eigenvalue weighted by Gasteiger charge is 2.17. The normalized spacial score (nSPS) is 11.0. The molecule has 106 valence electrons. The number of nitrogens with zero attached hydrogens (tertiary/aromatic N) is 2. The summed E-state index contributed by atoms with van der Waals surface area (Å²) in [6.45, 7) is 3.72. The Balaban J connectivity index is 2.03. The molecule has 0 saturated heterocycles. The highest BCUT2D eigenvalue weighted by Crippen LogP contribution is 2.31. The summed E-state index contributed by atoms with van der Waals surface area (Å²) >= 11 is 13.1. The monoisotopic (exact) mass is 328 g/mol. The Morgan fingerprint density at radius 3 is 2.75 bits per heavy atom. The topological polar surface area (TPSA) is 33.2 Å². The van der Waals surface area contributed by atoms with Crippen molar-refractivity contribution in [1.82, 2.24) is 9.88 Å². The molecule has 0 radical (unpaired) electrons. The van der Waals surface area contributed by atoms with E-state index in [0.717, 1.165) is 12.2 Å². The quantitative estimate of drug-likeness (QED) is 0.746. The maximum absolute atomic E-state index is 12.2. The molecule has 0 N–H and O–H groups in total. The number of carbonyl (C=O) groups is 1. The van der Waals surface area contributed by atoms with Crippen molar-refractivity contribution >= 4 is 40.3 Å². The van der Waals surface area contributed by atoms with E-state index in [1.807, 2.05) is 30.0 Å². The lowest BCUT2D eigenvalue weighted by Gasteiger charge is -2.18. The molecular weight excluding hydrogens is 315 g/mol. The number of carbonyl (C=O) groups excluding carboxylic acids is 1. The lowest BCUT2D eigenvalue weighted by Crippen LogP contribution is -2.29. The summed E-state index contributed by atoms with van der Waals surface area (Å²) in [5.74, 6) is -0.0177. The van der Waals surface area contributed by atoms with Gasteiger partial charge in [0, 0.05) is 12.7 Å². The highest BCUT2D eigenvalue weighted by atomic mass is 35.5. The molecule has 20 heavy (non-hydrogen) atoms. The summed E-state index contributed by atoms with van der Waals surface area (Å²) in [4.78, 5) is 18.5. The molecule has 0 aliphatic heterocycles. The van der Waals surface area contributed by atoms with Gasteiger partial charge < -0.3 is 0 Å². The van der Waals surface area contributed by atoms with Crippen molar-refractivity contribution in [2.75, 3.05) is 13.1 Å². The van der Waals surface area contributed by atoms with Crippen LogP contribution in [-0.2, 0) is 6.54 Å². The number of halogens is 2. The molecule has 2 rings (SSSR count). The van der Waals surface area contributed by atoms with E-state index in [9.17, 15) is 4.79 Å². The fraction of sp³-hybridized carbons (Fsp3) is 0.286. The first-order chi connectivity index (χ1) is 9.60. The Morgan fingerprint density at radius 1 is 1.40 bits per heavy atom. The largest absolute Gasteiger partial charge is 0.293 e. The maximum Gasteiger partial charge on any atom is 0.179 e. The third kappa shape index (κ3) is 4.03. The molecule has 0 spiro atoms. The Bertz CT molecular complexity index is 586. The molecule has 0 aromatic carbocycles. The van der Waals surface area contributed by atoms with Gasteiger partial charge >= 0.3 is 0 Å². The van der Waals surface area contributed by atoms with Crippen molar-refractivity contribution < 1.29 is 4.79 Å². The van der Waals surface area contributed by atoms with Gasteiger partial charge in [0.25, 0.3) is 0 Å². The molecule has 0 fully saturated rings. The average molecular weight is 329 g/mol. The molecule has 2 aromatic rings. The molecule has 0 aliphatic carbocycles. The second-order valence-corrected chi connectivity index (χ2v) is 6.57. The second kappa shape index (κ2) is 7.18. The molecule has 0 amide bonds. The van der Waals surface area contributed by atoms with E-state index in [1.54, 1.807) is 12.3 Å². The third-order valence-corrected chi connectivity index (χ3v) is 4.37. The minimum absolute atomic E-state index is 0.0177. The summed E-state index contributed by atoms with van der Waals surface area (Å²) in [6.07, 6.45) is 1.75. The predicted molar refractivity (Wildman–Crippen MR) is 83.9 cm³/mol. The van der Waals surface area contributed by atoms with Gasteiger partial charge in [0.15, 0.2) is 5.78 Å². The van der Waals surface area contributed by atoms with E-state index >= 15 is 0 Å². The van der Waals surface area contributed by atoms with Gasteiger partial charge in [0.1, 0.15) is 4.34 Å². The van der Waals surface area contributed by atoms with Crippen molar-refractivity contribution in [2.45, 2.75) is 13.5 Å². The van der Waals surface area contributed by atoms with Crippen LogP contribution in [0.2, 0.25) is 8.67 Å². The molecule has 0 saturated carbocycles. The molecule has 3 nitrogen and oxygen atoms in total. The van der Waals surface area contributed by atoms with Crippen LogP contribution >= 0.6 is 34.5 Å². The third-order valence-electron chi connectivity index (χ3n) is 2.88. The second-order valence-electron chi connectivity index (χ2n) is 4.29. The number of thiophene rings is 1. The van der Waals surface area contributed by atoms with Gasteiger partial charge in [0.05, 0.1) is 22.1 Å². The van der Waals surface area contributed by atoms with Crippen LogP contribution in [0.25, 0.3) is 0 Å². The van der Waals surface area contributed by atoms with E-state index in [2.05, 4.69) is 4.98 Å². The molecular formula is C14H14Cl2N2OS. The Labute approximate surface area is 132 Å². The molecule has 0 atom stereocenters. The molecule has 2 aromatic heterocycles. The van der Waals surface area contributed by atoms with Crippen LogP contribution in [0.15, 0.2) is 30.5 Å². The molecule has 6 heteroatoms. The molecule has 2 heterocycles. The van der Waals surface area contributed by atoms with Crippen LogP contribution in [0.4, 0.5) is 0 Å². The van der Waals surface area contributed by atoms with Crippen LogP contribution in [0.3, 0.4) is 0 Å². The number of hydrogen-bond acceptors (Lipinski definition) is 4. The van der Waals surface area contributed by atoms with Crippen LogP contribution in [0.1, 0.15) is 23.0 Å². The van der Waals surface area contributed by atoms with Crippen molar-refractivity contribution in [3.8, 4) is 0 Å². The fourth-order valence-corrected chi connectivity index (χ4v) is 3.32. The molecule has 0 unspecified atom stereocenters. The van der Waals surface area contributed by atoms with E-state index in [0.29, 0.717) is 27.3 Å². The maximum atomic E-state index is 12.2. The van der Waals surface area contributed by atoms with Crippen LogP contribution in [0.5, 0.6) is 0 Å². The number of rotatable bonds is 6. The number of aromatic nitrogens is 1. The predicted octanol–water partition coefficient (Wildman–Crippen LogP) is 4.15. The Hall–Kier alpha value is -0.940. The zero-order chi connectivity index (χ0) is 14.5. The number of likely N-dealkylation sites (N-methyl/N-ethyl adjacent to an activating group) is 1. The van der Waals surface area contributed by atoms with E-state index in [-0.39, 0.29) is 5.78 Å². The van der Waals surface area contributed by atoms with E-state index in [4.69, 9.17) is 23.2 Å². The van der Waals surface area contributed by atoms with Gasteiger partial charge in [-0.3, -0.25) is 14.7 Å². The van der Waals surface area contributed by atoms with Gasteiger partial charge in [-0.05, 0) is 24.7 Å². The summed E-state index contributed by atoms with van der Waals surface area (Å²) in [5.41, 5.74) is 1.44. The van der Waals surface area contributed by atoms with Gasteiger partial charge in [-0.2, -0.15) is 0 Å². The van der Waals surface area contributed by atoms with Crippen LogP contribution in [-0.4, -0.2) is 28.8 Å². The minimum Gasteiger partial charge on any atom is -0.293 e. The first-order valence-electron chi connectivity index (χ1n) is 6.20. The molecule has 0 bridgehead atoms. The first-order valence-corrected chi connectivity index (χ1v) is 7.77. The van der Waals surface area contributed by atoms with Gasteiger partial charge in [0.2, 0.25) is 0 Å². The Kier molecular flexibility index (Phi) is 5.54. The van der Waals surface area contributed by atoms with Gasteiger partial charge in [-0.25, -0.2) is 0 Å². The lowest BCUT2D eigenvalue weighted by molar-refractivity contribution is 0.0929. The number of pyridine rings is 1. The zero-order valence-corrected chi connectivity index (χ0v) is 13.3. The van der Waals surface area contributed by atoms with E-state index in [1.165, 1.54) is 11.3 Å². The summed E-state index contributed by atoms with van der Waals surface area (Å²) < 4.78 is 0.986. The summed E-state index contributed by atoms with van der Waals surface area (Å²) in [5, 5.41) is 0. The smallest absolute Gasteiger partial charge is 0.179 e. The first kappa shape index (κ1) is 15.4. The average Bonchev–Trinajstić information content (AvgIpc) is 2.78. The van der Waals surface area contributed by atoms with Gasteiger partial charge in [-0.15, -0.1) is 11.3 Å². The molecule has 0 aliphatic rings. The number of hydrogen-bond donors (Lipinski definition) is 0. The van der Waals surface area contributed by atoms with Crippen LogP contribution in [0, 0.1) is 0 Å². The van der Waals surface area contributed by atoms with Crippen LogP contribution < -0.4 is 0 Å². The number of Topliss-reactive ketones (excluding diaryl/α,β-unsaturated/α-hetero) is 1. The van der Waals surface area contributed by atoms with Crippen molar-refractivity contribution in [3.63, 3.8) is 0 Å². The highest BCUT2D eigenvalue weighted by molar-refractivity contribution is 7.20. The van der Waals surface area contributed by atoms with Gasteiger partial charge in [-0.1, -0.05) is 36.2 Å². The van der Waals surface area contributed by atoms with E-state index < -0.39 is 0 Å². The Morgan fingerprint density at radius 2 is 2.20 bits per heavy atom. The lowest BCUT2D eigenvalue weighted by atomic mass is 10.2. The van der Waals surface area contributed by atoms with Crippen molar-refractivity contribution in [2.24, 2.45) is 0 Å². The fourth-order valence-electron chi connectivity index (χ4n) is 1.82.